The lowest BCUT2D eigenvalue weighted by atomic mass is 10.2. The van der Waals surface area contributed by atoms with E-state index in [0.29, 0.717) is 0 Å². The molecule has 0 fully saturated rings. The van der Waals surface area contributed by atoms with Gasteiger partial charge in [-0.15, -0.1) is 10.2 Å². The highest BCUT2D eigenvalue weighted by molar-refractivity contribution is 5.49. The van der Waals surface area contributed by atoms with Gasteiger partial charge in [0.2, 0.25) is 0 Å². The predicted octanol–water partition coefficient (Wildman–Crippen LogP) is 2.29. The molecule has 0 saturated carbocycles. The topological polar surface area (TPSA) is 49.2 Å². The first-order chi connectivity index (χ1) is 8.67. The summed E-state index contributed by atoms with van der Waals surface area (Å²) in [4.78, 5) is 0. The van der Waals surface area contributed by atoms with Gasteiger partial charge in [-0.25, -0.2) is 0 Å². The molecule has 0 saturated heterocycles. The van der Waals surface area contributed by atoms with Gasteiger partial charge in [0, 0.05) is 7.11 Å². The highest BCUT2D eigenvalue weighted by Gasteiger charge is 2.16. The van der Waals surface area contributed by atoms with E-state index in [9.17, 15) is 0 Å². The van der Waals surface area contributed by atoms with Gasteiger partial charge in [-0.3, -0.25) is 4.57 Å². The van der Waals surface area contributed by atoms with Crippen molar-refractivity contribution in [2.75, 3.05) is 14.2 Å². The lowest BCUT2D eigenvalue weighted by Crippen LogP contribution is -2.07. The zero-order chi connectivity index (χ0) is 13.1. The molecular weight excluding hydrogens is 230 g/mol. The Bertz CT molecular complexity index is 537. The molecule has 0 N–H and O–H groups in total. The summed E-state index contributed by atoms with van der Waals surface area (Å²) in [5.41, 5.74) is 2.07. The normalized spacial score (nSPS) is 12.4. The minimum atomic E-state index is -0.127. The van der Waals surface area contributed by atoms with Crippen LogP contribution in [0.4, 0.5) is 0 Å². The Morgan fingerprint density at radius 2 is 2.06 bits per heavy atom. The molecule has 2 rings (SSSR count). The van der Waals surface area contributed by atoms with Crippen LogP contribution in [0.15, 0.2) is 24.5 Å². The summed E-state index contributed by atoms with van der Waals surface area (Å²) >= 11 is 0. The minimum absolute atomic E-state index is 0.127. The summed E-state index contributed by atoms with van der Waals surface area (Å²) in [6.45, 7) is 3.97. The second-order valence-electron chi connectivity index (χ2n) is 4.11. The maximum atomic E-state index is 5.38. The molecule has 1 atom stereocenters. The van der Waals surface area contributed by atoms with Gasteiger partial charge in [-0.05, 0) is 31.5 Å². The van der Waals surface area contributed by atoms with E-state index in [4.69, 9.17) is 9.47 Å². The molecule has 0 radical (unpaired) electrons. The van der Waals surface area contributed by atoms with Gasteiger partial charge >= 0.3 is 0 Å². The second-order valence-corrected chi connectivity index (χ2v) is 4.11. The van der Waals surface area contributed by atoms with Crippen LogP contribution in [0.2, 0.25) is 0 Å². The van der Waals surface area contributed by atoms with Gasteiger partial charge in [0.25, 0.3) is 0 Å². The van der Waals surface area contributed by atoms with Crippen molar-refractivity contribution in [3.05, 3.63) is 35.9 Å². The third-order valence-electron chi connectivity index (χ3n) is 2.89. The van der Waals surface area contributed by atoms with Crippen molar-refractivity contribution < 1.29 is 9.47 Å². The fraction of sp³-hybridized carbons (Fsp3) is 0.385. The molecule has 0 aliphatic heterocycles. The van der Waals surface area contributed by atoms with E-state index < -0.39 is 0 Å². The maximum Gasteiger partial charge on any atom is 0.166 e. The smallest absolute Gasteiger partial charge is 0.166 e. The summed E-state index contributed by atoms with van der Waals surface area (Å²) in [6, 6.07) is 5.98. The van der Waals surface area contributed by atoms with Crippen molar-refractivity contribution >= 4 is 0 Å². The number of aryl methyl sites for hydroxylation is 1. The van der Waals surface area contributed by atoms with Gasteiger partial charge in [-0.2, -0.15) is 0 Å². The highest BCUT2D eigenvalue weighted by Crippen LogP contribution is 2.26. The van der Waals surface area contributed by atoms with E-state index in [1.165, 1.54) is 0 Å². The largest absolute Gasteiger partial charge is 0.495 e. The molecule has 5 nitrogen and oxygen atoms in total. The molecule has 0 unspecified atom stereocenters. The summed E-state index contributed by atoms with van der Waals surface area (Å²) in [6.07, 6.45) is 1.54. The molecule has 2 aromatic rings. The highest BCUT2D eigenvalue weighted by atomic mass is 16.5. The zero-order valence-electron chi connectivity index (χ0n) is 11.0. The van der Waals surface area contributed by atoms with Crippen LogP contribution in [-0.4, -0.2) is 29.0 Å². The average Bonchev–Trinajstić information content (AvgIpc) is 2.86. The van der Waals surface area contributed by atoms with Crippen molar-refractivity contribution in [2.45, 2.75) is 20.0 Å². The number of nitrogens with zero attached hydrogens (tertiary/aromatic N) is 3. The predicted molar refractivity (Wildman–Crippen MR) is 68.1 cm³/mol. The van der Waals surface area contributed by atoms with Crippen molar-refractivity contribution in [2.24, 2.45) is 0 Å². The van der Waals surface area contributed by atoms with Crippen LogP contribution in [-0.2, 0) is 4.74 Å². The van der Waals surface area contributed by atoms with E-state index in [-0.39, 0.29) is 6.10 Å². The van der Waals surface area contributed by atoms with Crippen molar-refractivity contribution in [1.29, 1.82) is 0 Å². The molecular formula is C13H17N3O2. The molecule has 5 heteroatoms. The molecule has 0 amide bonds. The fourth-order valence-electron chi connectivity index (χ4n) is 1.80. The fourth-order valence-corrected chi connectivity index (χ4v) is 1.80. The Kier molecular flexibility index (Phi) is 3.62. The third-order valence-corrected chi connectivity index (χ3v) is 2.89. The van der Waals surface area contributed by atoms with Gasteiger partial charge in [0.1, 0.15) is 18.2 Å². The quantitative estimate of drug-likeness (QED) is 0.831. The molecule has 0 spiro atoms. The molecule has 1 aromatic carbocycles. The van der Waals surface area contributed by atoms with Gasteiger partial charge in [-0.1, -0.05) is 6.07 Å². The molecule has 0 aliphatic rings. The van der Waals surface area contributed by atoms with E-state index in [1.54, 1.807) is 20.5 Å². The molecule has 0 bridgehead atoms. The molecule has 0 aliphatic carbocycles. The molecule has 96 valence electrons. The monoisotopic (exact) mass is 247 g/mol. The van der Waals surface area contributed by atoms with Gasteiger partial charge in [0.15, 0.2) is 5.82 Å². The number of rotatable bonds is 4. The SMILES string of the molecule is COc1ccc(C)cc1-n1cnnc1[C@H](C)OC. The maximum absolute atomic E-state index is 5.38. The van der Waals surface area contributed by atoms with Gasteiger partial charge in [0.05, 0.1) is 12.8 Å². The number of hydrogen-bond acceptors (Lipinski definition) is 4. The van der Waals surface area contributed by atoms with E-state index in [1.807, 2.05) is 36.6 Å². The Hall–Kier alpha value is -1.88. The average molecular weight is 247 g/mol. The van der Waals surface area contributed by atoms with E-state index >= 15 is 0 Å². The van der Waals surface area contributed by atoms with Crippen LogP contribution in [0.5, 0.6) is 5.75 Å². The first-order valence-electron chi connectivity index (χ1n) is 5.75. The van der Waals surface area contributed by atoms with Crippen LogP contribution in [0.3, 0.4) is 0 Å². The third kappa shape index (κ3) is 2.22. The first-order valence-corrected chi connectivity index (χ1v) is 5.75. The summed E-state index contributed by atoms with van der Waals surface area (Å²) in [5.74, 6) is 1.53. The Morgan fingerprint density at radius 1 is 1.28 bits per heavy atom. The molecule has 18 heavy (non-hydrogen) atoms. The van der Waals surface area contributed by atoms with Crippen LogP contribution in [0, 0.1) is 6.92 Å². The van der Waals surface area contributed by atoms with Crippen molar-refractivity contribution in [3.63, 3.8) is 0 Å². The Morgan fingerprint density at radius 3 is 2.72 bits per heavy atom. The lowest BCUT2D eigenvalue weighted by Gasteiger charge is -2.14. The first kappa shape index (κ1) is 12.6. The van der Waals surface area contributed by atoms with Crippen LogP contribution >= 0.6 is 0 Å². The summed E-state index contributed by atoms with van der Waals surface area (Å²) in [5, 5.41) is 8.05. The van der Waals surface area contributed by atoms with Crippen LogP contribution in [0.1, 0.15) is 24.4 Å². The minimum Gasteiger partial charge on any atom is -0.495 e. The van der Waals surface area contributed by atoms with Crippen LogP contribution in [0.25, 0.3) is 5.69 Å². The Balaban J connectivity index is 2.55. The number of ether oxygens (including phenoxy) is 2. The van der Waals surface area contributed by atoms with Crippen LogP contribution < -0.4 is 4.74 Å². The number of methoxy groups -OCH3 is 2. The summed E-state index contributed by atoms with van der Waals surface area (Å²) < 4.78 is 12.6. The van der Waals surface area contributed by atoms with E-state index in [2.05, 4.69) is 10.2 Å². The zero-order valence-corrected chi connectivity index (χ0v) is 11.0. The van der Waals surface area contributed by atoms with Crippen molar-refractivity contribution in [1.82, 2.24) is 14.8 Å². The molecule has 1 aromatic heterocycles. The second kappa shape index (κ2) is 5.18. The number of hydrogen-bond donors (Lipinski definition) is 0. The standard InChI is InChI=1S/C13H17N3O2/c1-9-5-6-12(18-4)11(7-9)16-8-14-15-13(16)10(2)17-3/h5-8,10H,1-4H3/t10-/m0/s1. The Labute approximate surface area is 106 Å². The lowest BCUT2D eigenvalue weighted by molar-refractivity contribution is 0.110. The number of aromatic nitrogens is 3. The summed E-state index contributed by atoms with van der Waals surface area (Å²) in [7, 11) is 3.30. The van der Waals surface area contributed by atoms with Crippen molar-refractivity contribution in [3.8, 4) is 11.4 Å². The number of benzene rings is 1. The van der Waals surface area contributed by atoms with E-state index in [0.717, 1.165) is 22.8 Å². The van der Waals surface area contributed by atoms with Gasteiger partial charge < -0.3 is 9.47 Å². The molecule has 1 heterocycles.